The molecule has 1 aromatic heterocycles. The molecular weight excluding hydrogens is 174 g/mol. The van der Waals surface area contributed by atoms with Crippen LogP contribution in [0.5, 0.6) is 0 Å². The maximum atomic E-state index is 10.8. The van der Waals surface area contributed by atoms with Crippen molar-refractivity contribution in [2.45, 2.75) is 0 Å². The highest BCUT2D eigenvalue weighted by molar-refractivity contribution is 7.07. The van der Waals surface area contributed by atoms with Gasteiger partial charge in [-0.05, 0) is 17.6 Å². The Hall–Kier alpha value is -0.610. The fourth-order valence-electron chi connectivity index (χ4n) is 0.442. The molecule has 0 atom stereocenters. The van der Waals surface area contributed by atoms with Crippen LogP contribution in [0.1, 0.15) is 9.67 Å². The molecule has 0 radical (unpaired) electrons. The second-order valence-electron chi connectivity index (χ2n) is 1.42. The lowest BCUT2D eigenvalue weighted by atomic mass is 10.5. The minimum absolute atomic E-state index is 0.114. The van der Waals surface area contributed by atoms with E-state index < -0.39 is 5.97 Å². The van der Waals surface area contributed by atoms with Crippen LogP contribution in [0.2, 0.25) is 0 Å². The molecule has 0 bridgehead atoms. The molecule has 54 valence electrons. The number of halogens is 1. The monoisotopic (exact) mass is 177 g/mol. The predicted molar refractivity (Wildman–Crippen MR) is 38.2 cm³/mol. The van der Waals surface area contributed by atoms with E-state index in [1.54, 1.807) is 6.07 Å². The molecule has 10 heavy (non-hydrogen) atoms. The van der Waals surface area contributed by atoms with Crippen LogP contribution in [0.3, 0.4) is 0 Å². The van der Waals surface area contributed by atoms with Crippen molar-refractivity contribution in [3.63, 3.8) is 0 Å². The van der Waals surface area contributed by atoms with Gasteiger partial charge in [0.15, 0.2) is 6.07 Å². The van der Waals surface area contributed by atoms with Gasteiger partial charge >= 0.3 is 5.97 Å². The third-order valence-corrected chi connectivity index (χ3v) is 1.66. The third-order valence-electron chi connectivity index (χ3n) is 0.825. The molecule has 0 spiro atoms. The van der Waals surface area contributed by atoms with Crippen LogP contribution in [-0.2, 0) is 4.74 Å². The van der Waals surface area contributed by atoms with Gasteiger partial charge in [-0.3, -0.25) is 0 Å². The number of alkyl halides is 1. The molecule has 5 heteroatoms. The fraction of sp³-hybridized carbons (Fsp3) is 0.200. The first-order chi connectivity index (χ1) is 4.84. The Bertz CT molecular complexity index is 211. The SMILES string of the molecule is O=C(OCCl)c1ccns1. The zero-order valence-corrected chi connectivity index (χ0v) is 6.48. The zero-order chi connectivity index (χ0) is 7.40. The molecule has 0 fully saturated rings. The summed E-state index contributed by atoms with van der Waals surface area (Å²) in [5.74, 6) is -0.419. The van der Waals surface area contributed by atoms with Crippen molar-refractivity contribution < 1.29 is 9.53 Å². The standard InChI is InChI=1S/C5H4ClNO2S/c6-3-9-5(8)4-1-2-7-10-4/h1-2H,3H2. The van der Waals surface area contributed by atoms with Crippen molar-refractivity contribution in [1.29, 1.82) is 0 Å². The van der Waals surface area contributed by atoms with Gasteiger partial charge in [0.1, 0.15) is 4.88 Å². The summed E-state index contributed by atoms with van der Waals surface area (Å²) in [6.07, 6.45) is 1.54. The molecule has 1 heterocycles. The van der Waals surface area contributed by atoms with E-state index in [2.05, 4.69) is 9.11 Å². The van der Waals surface area contributed by atoms with E-state index in [4.69, 9.17) is 11.6 Å². The van der Waals surface area contributed by atoms with Gasteiger partial charge in [-0.1, -0.05) is 11.6 Å². The third kappa shape index (κ3) is 1.68. The van der Waals surface area contributed by atoms with Gasteiger partial charge < -0.3 is 4.74 Å². The summed E-state index contributed by atoms with van der Waals surface area (Å²) in [6.45, 7) is 0. The quantitative estimate of drug-likeness (QED) is 0.508. The maximum absolute atomic E-state index is 10.8. The van der Waals surface area contributed by atoms with Gasteiger partial charge in [0.2, 0.25) is 0 Å². The number of ether oxygens (including phenoxy) is 1. The van der Waals surface area contributed by atoms with E-state index in [9.17, 15) is 4.79 Å². The lowest BCUT2D eigenvalue weighted by Gasteiger charge is -1.93. The molecule has 1 rings (SSSR count). The fourth-order valence-corrected chi connectivity index (χ4v) is 1.03. The normalized spacial score (nSPS) is 9.30. The van der Waals surface area contributed by atoms with Crippen LogP contribution >= 0.6 is 23.1 Å². The molecule has 0 N–H and O–H groups in total. The molecule has 0 unspecified atom stereocenters. The topological polar surface area (TPSA) is 39.2 Å². The van der Waals surface area contributed by atoms with Crippen molar-refractivity contribution in [3.8, 4) is 0 Å². The van der Waals surface area contributed by atoms with Crippen LogP contribution in [0.25, 0.3) is 0 Å². The van der Waals surface area contributed by atoms with Crippen molar-refractivity contribution >= 4 is 29.1 Å². The van der Waals surface area contributed by atoms with Gasteiger partial charge in [-0.25, -0.2) is 9.17 Å². The molecule has 0 saturated heterocycles. The van der Waals surface area contributed by atoms with Crippen LogP contribution in [0.15, 0.2) is 12.3 Å². The van der Waals surface area contributed by atoms with E-state index in [1.165, 1.54) is 6.20 Å². The lowest BCUT2D eigenvalue weighted by Crippen LogP contribution is -2.00. The number of hydrogen-bond donors (Lipinski definition) is 0. The second-order valence-corrected chi connectivity index (χ2v) is 2.47. The van der Waals surface area contributed by atoms with E-state index in [0.717, 1.165) is 11.5 Å². The number of aromatic nitrogens is 1. The van der Waals surface area contributed by atoms with E-state index in [0.29, 0.717) is 4.88 Å². The van der Waals surface area contributed by atoms with Crippen molar-refractivity contribution in [3.05, 3.63) is 17.1 Å². The first-order valence-electron chi connectivity index (χ1n) is 2.48. The summed E-state index contributed by atoms with van der Waals surface area (Å²) in [6, 6.07) is 1.47. The Labute approximate surface area is 66.7 Å². The first-order valence-corrected chi connectivity index (χ1v) is 3.79. The van der Waals surface area contributed by atoms with Gasteiger partial charge in [0.25, 0.3) is 0 Å². The van der Waals surface area contributed by atoms with Gasteiger partial charge in [0, 0.05) is 6.20 Å². The Morgan fingerprint density at radius 3 is 3.20 bits per heavy atom. The van der Waals surface area contributed by atoms with Gasteiger partial charge in [0.05, 0.1) is 0 Å². The number of nitrogens with zero attached hydrogens (tertiary/aromatic N) is 1. The summed E-state index contributed by atoms with van der Waals surface area (Å²) in [5, 5.41) is 0. The highest BCUT2D eigenvalue weighted by atomic mass is 35.5. The largest absolute Gasteiger partial charge is 0.445 e. The number of carbonyl (C=O) groups is 1. The zero-order valence-electron chi connectivity index (χ0n) is 4.91. The van der Waals surface area contributed by atoms with E-state index >= 15 is 0 Å². The Kier molecular flexibility index (Phi) is 2.65. The lowest BCUT2D eigenvalue weighted by molar-refractivity contribution is 0.0580. The molecule has 1 aromatic rings. The summed E-state index contributed by atoms with van der Waals surface area (Å²) in [5.41, 5.74) is 0. The number of rotatable bonds is 2. The van der Waals surface area contributed by atoms with Crippen molar-refractivity contribution in [2.24, 2.45) is 0 Å². The minimum Gasteiger partial charge on any atom is -0.445 e. The van der Waals surface area contributed by atoms with E-state index in [-0.39, 0.29) is 6.07 Å². The molecule has 0 amide bonds. The van der Waals surface area contributed by atoms with Crippen molar-refractivity contribution in [2.75, 3.05) is 6.07 Å². The average Bonchev–Trinajstić information content (AvgIpc) is 2.38. The van der Waals surface area contributed by atoms with Gasteiger partial charge in [-0.15, -0.1) is 0 Å². The Morgan fingerprint density at radius 2 is 2.70 bits per heavy atom. The summed E-state index contributed by atoms with van der Waals surface area (Å²) in [4.78, 5) is 11.2. The number of esters is 1. The average molecular weight is 178 g/mol. The molecule has 0 aromatic carbocycles. The van der Waals surface area contributed by atoms with Crippen molar-refractivity contribution in [1.82, 2.24) is 4.37 Å². The maximum Gasteiger partial charge on any atom is 0.351 e. The van der Waals surface area contributed by atoms with E-state index in [1.807, 2.05) is 0 Å². The first kappa shape index (κ1) is 7.50. The number of hydrogen-bond acceptors (Lipinski definition) is 4. The van der Waals surface area contributed by atoms with Crippen LogP contribution < -0.4 is 0 Å². The smallest absolute Gasteiger partial charge is 0.351 e. The number of carbonyl (C=O) groups excluding carboxylic acids is 1. The highest BCUT2D eigenvalue weighted by Crippen LogP contribution is 2.05. The Morgan fingerprint density at radius 1 is 1.90 bits per heavy atom. The second kappa shape index (κ2) is 3.53. The molecular formula is C5H4ClNO2S. The van der Waals surface area contributed by atoms with Crippen LogP contribution in [0, 0.1) is 0 Å². The van der Waals surface area contributed by atoms with Crippen LogP contribution in [-0.4, -0.2) is 16.4 Å². The van der Waals surface area contributed by atoms with Gasteiger partial charge in [-0.2, -0.15) is 0 Å². The summed E-state index contributed by atoms with van der Waals surface area (Å²) in [7, 11) is 0. The summed E-state index contributed by atoms with van der Waals surface area (Å²) >= 11 is 6.24. The summed E-state index contributed by atoms with van der Waals surface area (Å²) < 4.78 is 8.21. The molecule has 0 aliphatic heterocycles. The molecule has 0 aliphatic rings. The van der Waals surface area contributed by atoms with Crippen LogP contribution in [0.4, 0.5) is 0 Å². The predicted octanol–water partition coefficient (Wildman–Crippen LogP) is 1.50. The highest BCUT2D eigenvalue weighted by Gasteiger charge is 2.06. The Balaban J connectivity index is 2.59. The molecule has 0 aliphatic carbocycles. The molecule has 0 saturated carbocycles. The minimum atomic E-state index is -0.419. The molecule has 3 nitrogen and oxygen atoms in total.